The zero-order chi connectivity index (χ0) is 30.0. The summed E-state index contributed by atoms with van der Waals surface area (Å²) >= 11 is 0. The van der Waals surface area contributed by atoms with E-state index < -0.39 is 11.4 Å². The van der Waals surface area contributed by atoms with Crippen molar-refractivity contribution in [2.75, 3.05) is 18.4 Å². The third kappa shape index (κ3) is 6.84. The summed E-state index contributed by atoms with van der Waals surface area (Å²) in [6, 6.07) is 12.6. The molecule has 1 aliphatic carbocycles. The minimum Gasteiger partial charge on any atom is -0.390 e. The quantitative estimate of drug-likeness (QED) is 0.321. The number of piperidine rings is 1. The molecule has 2 aromatic carbocycles. The number of aliphatic hydroxyl groups is 1. The van der Waals surface area contributed by atoms with Gasteiger partial charge < -0.3 is 15.0 Å². The molecule has 2 aliphatic rings. The van der Waals surface area contributed by atoms with E-state index in [4.69, 9.17) is 0 Å². The third-order valence-electron chi connectivity index (χ3n) is 8.93. The number of rotatable bonds is 8. The molecule has 3 aromatic rings. The maximum absolute atomic E-state index is 15.6. The van der Waals surface area contributed by atoms with E-state index in [0.717, 1.165) is 44.3 Å². The van der Waals surface area contributed by atoms with E-state index in [-0.39, 0.29) is 41.3 Å². The van der Waals surface area contributed by atoms with Gasteiger partial charge in [0, 0.05) is 30.1 Å². The number of carbonyl (C=O) groups excluding carboxylic acids is 2. The van der Waals surface area contributed by atoms with Gasteiger partial charge in [0.2, 0.25) is 11.9 Å². The predicted octanol–water partition coefficient (Wildman–Crippen LogP) is 5.67. The van der Waals surface area contributed by atoms with E-state index >= 15 is 4.39 Å². The average Bonchev–Trinajstić information content (AvgIpc) is 3.31. The number of hydrogen-bond acceptors (Lipinski definition) is 5. The number of nitrogens with one attached hydrogen (secondary N) is 2. The lowest BCUT2D eigenvalue weighted by molar-refractivity contribution is -0.126. The second-order valence-electron chi connectivity index (χ2n) is 12.9. The molecule has 1 saturated heterocycles. The van der Waals surface area contributed by atoms with Gasteiger partial charge in [-0.05, 0) is 115 Å². The standard InChI is InChI=1S/C33H44FN5O3/c1-21(2)35-30(40)24-10-12-26(13-11-24)39-28-19-22(20-38-16-14-25(15-17-38)33(3,4)42)18-27(34)29(28)36-32(39)37-31(41)23-8-6-5-7-9-23/h5-9,18-19,21,24-26,42H,10-17,20H2,1-4H3,(H,35,40)(H,36,37,41)/t24-,26+. The summed E-state index contributed by atoms with van der Waals surface area (Å²) in [5, 5.41) is 16.4. The average molecular weight is 578 g/mol. The van der Waals surface area contributed by atoms with E-state index in [9.17, 15) is 14.7 Å². The summed E-state index contributed by atoms with van der Waals surface area (Å²) in [6.45, 7) is 9.95. The third-order valence-corrected chi connectivity index (χ3v) is 8.93. The van der Waals surface area contributed by atoms with E-state index in [1.165, 1.54) is 0 Å². The number of halogens is 1. The van der Waals surface area contributed by atoms with Crippen LogP contribution in [0.25, 0.3) is 11.0 Å². The van der Waals surface area contributed by atoms with Crippen LogP contribution in [0.3, 0.4) is 0 Å². The molecule has 8 nitrogen and oxygen atoms in total. The molecule has 9 heteroatoms. The van der Waals surface area contributed by atoms with Gasteiger partial charge in [-0.1, -0.05) is 18.2 Å². The molecule has 1 aromatic heterocycles. The van der Waals surface area contributed by atoms with E-state index in [1.54, 1.807) is 30.3 Å². The van der Waals surface area contributed by atoms with Crippen LogP contribution in [0.4, 0.5) is 10.3 Å². The van der Waals surface area contributed by atoms with Gasteiger partial charge in [-0.2, -0.15) is 0 Å². The van der Waals surface area contributed by atoms with E-state index in [0.29, 0.717) is 36.4 Å². The SMILES string of the molecule is CC(C)NC(=O)[C@H]1CC[C@@H](n2c(NC(=O)c3ccccc3)nc3c(F)cc(CN4CCC(C(C)(C)O)CC4)cc32)CC1. The first-order chi connectivity index (χ1) is 20.0. The zero-order valence-electron chi connectivity index (χ0n) is 25.2. The molecule has 0 spiro atoms. The molecule has 226 valence electrons. The summed E-state index contributed by atoms with van der Waals surface area (Å²) in [6.07, 6.45) is 4.68. The van der Waals surface area contributed by atoms with Gasteiger partial charge in [0.1, 0.15) is 5.52 Å². The fraction of sp³-hybridized carbons (Fsp3) is 0.545. The molecule has 0 unspecified atom stereocenters. The van der Waals surface area contributed by atoms with Crippen LogP contribution in [0.2, 0.25) is 0 Å². The van der Waals surface area contributed by atoms with Crippen molar-refractivity contribution >= 4 is 28.8 Å². The predicted molar refractivity (Wildman–Crippen MR) is 163 cm³/mol. The maximum atomic E-state index is 15.6. The molecule has 0 atom stereocenters. The molecule has 0 bridgehead atoms. The highest BCUT2D eigenvalue weighted by Crippen LogP contribution is 2.38. The number of benzene rings is 2. The number of carbonyl (C=O) groups is 2. The summed E-state index contributed by atoms with van der Waals surface area (Å²) in [5.74, 6) is -0.0997. The van der Waals surface area contributed by atoms with Crippen molar-refractivity contribution in [3.8, 4) is 0 Å². The number of hydrogen-bond donors (Lipinski definition) is 3. The molecule has 1 saturated carbocycles. The molecule has 42 heavy (non-hydrogen) atoms. The fourth-order valence-electron chi connectivity index (χ4n) is 6.57. The summed E-state index contributed by atoms with van der Waals surface area (Å²) in [4.78, 5) is 32.7. The molecule has 0 radical (unpaired) electrons. The fourth-order valence-corrected chi connectivity index (χ4v) is 6.57. The Bertz CT molecular complexity index is 1400. The number of amides is 2. The van der Waals surface area contributed by atoms with Gasteiger partial charge >= 0.3 is 0 Å². The normalized spacial score (nSPS) is 20.6. The van der Waals surface area contributed by atoms with Crippen LogP contribution in [0.5, 0.6) is 0 Å². The second-order valence-corrected chi connectivity index (χ2v) is 12.9. The molecule has 2 fully saturated rings. The first-order valence-corrected chi connectivity index (χ1v) is 15.3. The van der Waals surface area contributed by atoms with Gasteiger partial charge in [-0.15, -0.1) is 0 Å². The van der Waals surface area contributed by atoms with Gasteiger partial charge in [-0.25, -0.2) is 9.37 Å². The molecule has 3 N–H and O–H groups in total. The van der Waals surface area contributed by atoms with Crippen molar-refractivity contribution in [2.45, 2.75) is 90.4 Å². The Morgan fingerprint density at radius 2 is 1.71 bits per heavy atom. The van der Waals surface area contributed by atoms with Crippen LogP contribution in [0, 0.1) is 17.7 Å². The van der Waals surface area contributed by atoms with Crippen LogP contribution in [-0.4, -0.2) is 56.1 Å². The van der Waals surface area contributed by atoms with Crippen molar-refractivity contribution in [2.24, 2.45) is 11.8 Å². The Kier molecular flexibility index (Phi) is 8.99. The van der Waals surface area contributed by atoms with Gasteiger partial charge in [0.05, 0.1) is 11.1 Å². The monoisotopic (exact) mass is 577 g/mol. The highest BCUT2D eigenvalue weighted by atomic mass is 19.1. The van der Waals surface area contributed by atoms with Crippen LogP contribution in [0.1, 0.15) is 88.2 Å². The first kappa shape index (κ1) is 30.2. The van der Waals surface area contributed by atoms with Crippen LogP contribution < -0.4 is 10.6 Å². The lowest BCUT2D eigenvalue weighted by Crippen LogP contribution is -2.41. The lowest BCUT2D eigenvalue weighted by atomic mass is 9.83. The number of nitrogens with zero attached hydrogens (tertiary/aromatic N) is 3. The smallest absolute Gasteiger partial charge is 0.257 e. The molecule has 2 amide bonds. The number of anilines is 1. The maximum Gasteiger partial charge on any atom is 0.257 e. The highest BCUT2D eigenvalue weighted by molar-refractivity contribution is 6.04. The zero-order valence-corrected chi connectivity index (χ0v) is 25.2. The summed E-state index contributed by atoms with van der Waals surface area (Å²) in [5.41, 5.74) is 1.56. The van der Waals surface area contributed by atoms with Gasteiger partial charge in [0.15, 0.2) is 5.82 Å². The minimum absolute atomic E-state index is 0.0265. The van der Waals surface area contributed by atoms with Gasteiger partial charge in [-0.3, -0.25) is 19.8 Å². The Labute approximate surface area is 247 Å². The number of fused-ring (bicyclic) bond motifs is 1. The van der Waals surface area contributed by atoms with Crippen molar-refractivity contribution in [1.82, 2.24) is 19.8 Å². The lowest BCUT2D eigenvalue weighted by Gasteiger charge is -2.37. The molecule has 5 rings (SSSR count). The molecule has 2 heterocycles. The molecular formula is C33H44FN5O3. The van der Waals surface area contributed by atoms with Crippen molar-refractivity contribution in [3.05, 3.63) is 59.4 Å². The van der Waals surface area contributed by atoms with Crippen LogP contribution in [0.15, 0.2) is 42.5 Å². The van der Waals surface area contributed by atoms with E-state index in [1.807, 2.05) is 44.4 Å². The Balaban J connectivity index is 1.42. The van der Waals surface area contributed by atoms with Crippen molar-refractivity contribution in [3.63, 3.8) is 0 Å². The van der Waals surface area contributed by atoms with Crippen LogP contribution in [-0.2, 0) is 11.3 Å². The Morgan fingerprint density at radius 3 is 2.33 bits per heavy atom. The topological polar surface area (TPSA) is 99.5 Å². The number of imidazole rings is 1. The second kappa shape index (κ2) is 12.5. The largest absolute Gasteiger partial charge is 0.390 e. The molecule has 1 aliphatic heterocycles. The number of aromatic nitrogens is 2. The van der Waals surface area contributed by atoms with Gasteiger partial charge in [0.25, 0.3) is 5.91 Å². The van der Waals surface area contributed by atoms with Crippen molar-refractivity contribution in [1.29, 1.82) is 0 Å². The number of likely N-dealkylation sites (tertiary alicyclic amines) is 1. The first-order valence-electron chi connectivity index (χ1n) is 15.3. The van der Waals surface area contributed by atoms with E-state index in [2.05, 4.69) is 20.5 Å². The molecular weight excluding hydrogens is 533 g/mol. The Hall–Kier alpha value is -3.30. The summed E-state index contributed by atoms with van der Waals surface area (Å²) < 4.78 is 17.6. The highest BCUT2D eigenvalue weighted by Gasteiger charge is 2.32. The summed E-state index contributed by atoms with van der Waals surface area (Å²) in [7, 11) is 0. The minimum atomic E-state index is -0.696. The van der Waals surface area contributed by atoms with Crippen molar-refractivity contribution < 1.29 is 19.1 Å². The Morgan fingerprint density at radius 1 is 1.05 bits per heavy atom. The van der Waals surface area contributed by atoms with Crippen LogP contribution >= 0.6 is 0 Å².